The quantitative estimate of drug-likeness (QED) is 0.905. The maximum Gasteiger partial charge on any atom is 0.0513 e. The molecule has 2 unspecified atom stereocenters. The van der Waals surface area contributed by atoms with Crippen LogP contribution in [0.4, 0.5) is 5.69 Å². The van der Waals surface area contributed by atoms with Crippen molar-refractivity contribution in [3.63, 3.8) is 0 Å². The van der Waals surface area contributed by atoms with Gasteiger partial charge in [0.25, 0.3) is 0 Å². The van der Waals surface area contributed by atoms with E-state index in [0.29, 0.717) is 12.6 Å². The number of nitrogens with two attached hydrogens (primary N) is 1. The van der Waals surface area contributed by atoms with E-state index in [2.05, 4.69) is 52.9 Å². The summed E-state index contributed by atoms with van der Waals surface area (Å²) in [6.45, 7) is 6.43. The molecule has 17 heavy (non-hydrogen) atoms. The highest BCUT2D eigenvalue weighted by Crippen LogP contribution is 2.33. The maximum absolute atomic E-state index is 5.66. The van der Waals surface area contributed by atoms with E-state index in [1.807, 2.05) is 0 Å². The van der Waals surface area contributed by atoms with Gasteiger partial charge in [-0.25, -0.2) is 0 Å². The molecule has 1 saturated heterocycles. The Labute approximate surface area is 112 Å². The average Bonchev–Trinajstić information content (AvgIpc) is 2.33. The minimum absolute atomic E-state index is 0.602. The van der Waals surface area contributed by atoms with Crippen LogP contribution in [0.2, 0.25) is 0 Å². The molecule has 1 fully saturated rings. The van der Waals surface area contributed by atoms with Gasteiger partial charge < -0.3 is 10.6 Å². The van der Waals surface area contributed by atoms with Crippen molar-refractivity contribution in [2.24, 2.45) is 11.7 Å². The van der Waals surface area contributed by atoms with Crippen molar-refractivity contribution in [3.8, 4) is 0 Å². The summed E-state index contributed by atoms with van der Waals surface area (Å²) in [5.74, 6) is 0.768. The lowest BCUT2D eigenvalue weighted by Crippen LogP contribution is -2.42. The summed E-state index contributed by atoms with van der Waals surface area (Å²) < 4.78 is 1.17. The van der Waals surface area contributed by atoms with E-state index in [9.17, 15) is 0 Å². The van der Waals surface area contributed by atoms with Crippen LogP contribution in [0.3, 0.4) is 0 Å². The van der Waals surface area contributed by atoms with Crippen molar-refractivity contribution in [1.82, 2.24) is 0 Å². The van der Waals surface area contributed by atoms with Gasteiger partial charge in [0, 0.05) is 23.6 Å². The predicted molar refractivity (Wildman–Crippen MR) is 77.2 cm³/mol. The van der Waals surface area contributed by atoms with Crippen LogP contribution in [-0.4, -0.2) is 12.6 Å². The number of hydrogen-bond acceptors (Lipinski definition) is 2. The van der Waals surface area contributed by atoms with Crippen LogP contribution in [0.15, 0.2) is 22.7 Å². The van der Waals surface area contributed by atoms with Crippen LogP contribution >= 0.6 is 15.9 Å². The molecule has 1 aliphatic heterocycles. The molecule has 94 valence electrons. The van der Waals surface area contributed by atoms with E-state index in [0.717, 1.165) is 12.5 Å². The number of piperidine rings is 1. The first-order chi connectivity index (χ1) is 8.13. The molecule has 2 rings (SSSR count). The largest absolute Gasteiger partial charge is 0.368 e. The fourth-order valence-corrected chi connectivity index (χ4v) is 3.24. The lowest BCUT2D eigenvalue weighted by molar-refractivity contribution is 0.363. The van der Waals surface area contributed by atoms with Crippen molar-refractivity contribution in [2.75, 3.05) is 11.4 Å². The average molecular weight is 297 g/mol. The van der Waals surface area contributed by atoms with Gasteiger partial charge >= 0.3 is 0 Å². The Kier molecular flexibility index (Phi) is 4.10. The second-order valence-corrected chi connectivity index (χ2v) is 5.90. The number of hydrogen-bond donors (Lipinski definition) is 1. The first-order valence-corrected chi connectivity index (χ1v) is 7.18. The topological polar surface area (TPSA) is 29.3 Å². The van der Waals surface area contributed by atoms with Gasteiger partial charge in [-0.3, -0.25) is 0 Å². The molecule has 1 heterocycles. The molecule has 1 aromatic rings. The van der Waals surface area contributed by atoms with Gasteiger partial charge in [-0.2, -0.15) is 0 Å². The molecule has 0 spiro atoms. The monoisotopic (exact) mass is 296 g/mol. The molecule has 0 saturated carbocycles. The molecule has 3 heteroatoms. The Balaban J connectivity index is 2.27. The van der Waals surface area contributed by atoms with Crippen LogP contribution in [0.1, 0.15) is 32.3 Å². The summed E-state index contributed by atoms with van der Waals surface area (Å²) in [6.07, 6.45) is 2.63. The zero-order valence-electron chi connectivity index (χ0n) is 10.6. The summed E-state index contributed by atoms with van der Waals surface area (Å²) in [4.78, 5) is 2.51. The third-order valence-electron chi connectivity index (χ3n) is 3.93. The molecule has 0 radical (unpaired) electrons. The third kappa shape index (κ3) is 2.66. The van der Waals surface area contributed by atoms with Gasteiger partial charge in [-0.15, -0.1) is 0 Å². The van der Waals surface area contributed by atoms with Crippen LogP contribution in [0, 0.1) is 5.92 Å². The van der Waals surface area contributed by atoms with E-state index in [1.54, 1.807) is 0 Å². The third-order valence-corrected chi connectivity index (χ3v) is 4.57. The van der Waals surface area contributed by atoms with E-state index < -0.39 is 0 Å². The predicted octanol–water partition coefficient (Wildman–Crippen LogP) is 3.53. The molecule has 2 nitrogen and oxygen atoms in total. The molecule has 0 amide bonds. The number of nitrogens with zero attached hydrogens (tertiary/aromatic N) is 1. The Bertz CT molecular complexity index is 392. The number of halogens is 1. The van der Waals surface area contributed by atoms with Crippen molar-refractivity contribution in [3.05, 3.63) is 28.2 Å². The van der Waals surface area contributed by atoms with Crippen molar-refractivity contribution >= 4 is 21.6 Å². The molecule has 1 aliphatic rings. The smallest absolute Gasteiger partial charge is 0.0513 e. The second kappa shape index (κ2) is 5.40. The van der Waals surface area contributed by atoms with Crippen molar-refractivity contribution in [2.45, 2.75) is 39.3 Å². The van der Waals surface area contributed by atoms with Crippen LogP contribution in [0.25, 0.3) is 0 Å². The van der Waals surface area contributed by atoms with Gasteiger partial charge in [0.2, 0.25) is 0 Å². The summed E-state index contributed by atoms with van der Waals surface area (Å²) >= 11 is 3.67. The van der Waals surface area contributed by atoms with E-state index in [1.165, 1.54) is 28.6 Å². The Morgan fingerprint density at radius 3 is 2.82 bits per heavy atom. The lowest BCUT2D eigenvalue weighted by atomic mass is 9.91. The van der Waals surface area contributed by atoms with Crippen LogP contribution in [-0.2, 0) is 6.54 Å². The van der Waals surface area contributed by atoms with Crippen molar-refractivity contribution in [1.29, 1.82) is 0 Å². The summed E-state index contributed by atoms with van der Waals surface area (Å²) in [6, 6.07) is 7.08. The molecule has 2 N–H and O–H groups in total. The molecule has 2 atom stereocenters. The van der Waals surface area contributed by atoms with Crippen molar-refractivity contribution < 1.29 is 0 Å². The minimum Gasteiger partial charge on any atom is -0.368 e. The number of rotatable bonds is 2. The molecule has 0 bridgehead atoms. The fourth-order valence-electron chi connectivity index (χ4n) is 2.59. The zero-order valence-corrected chi connectivity index (χ0v) is 12.2. The molecule has 1 aromatic carbocycles. The number of anilines is 1. The highest BCUT2D eigenvalue weighted by molar-refractivity contribution is 9.10. The zero-order chi connectivity index (χ0) is 12.4. The lowest BCUT2D eigenvalue weighted by Gasteiger charge is -2.40. The van der Waals surface area contributed by atoms with E-state index in [-0.39, 0.29) is 0 Å². The van der Waals surface area contributed by atoms with Gasteiger partial charge in [-0.05, 0) is 59.3 Å². The highest BCUT2D eigenvalue weighted by Gasteiger charge is 2.25. The summed E-state index contributed by atoms with van der Waals surface area (Å²) in [5.41, 5.74) is 8.15. The molecule has 0 aromatic heterocycles. The normalized spacial score (nSPS) is 25.1. The summed E-state index contributed by atoms with van der Waals surface area (Å²) in [5, 5.41) is 0. The Morgan fingerprint density at radius 2 is 2.18 bits per heavy atom. The van der Waals surface area contributed by atoms with Gasteiger partial charge in [0.1, 0.15) is 0 Å². The second-order valence-electron chi connectivity index (χ2n) is 5.04. The van der Waals surface area contributed by atoms with Gasteiger partial charge in [0.15, 0.2) is 0 Å². The highest BCUT2D eigenvalue weighted by atomic mass is 79.9. The van der Waals surface area contributed by atoms with E-state index >= 15 is 0 Å². The molecular formula is C14H21BrN2. The Hall–Kier alpha value is -0.540. The van der Waals surface area contributed by atoms with Crippen LogP contribution < -0.4 is 10.6 Å². The standard InChI is InChI=1S/C14H21BrN2/c1-10-4-3-7-17(11(10)2)14-6-5-12(9-16)8-13(14)15/h5-6,8,10-11H,3-4,7,9,16H2,1-2H3. The SMILES string of the molecule is CC1CCCN(c2ccc(CN)cc2Br)C1C. The Morgan fingerprint density at radius 1 is 1.41 bits per heavy atom. The van der Waals surface area contributed by atoms with Gasteiger partial charge in [0.05, 0.1) is 5.69 Å². The fraction of sp³-hybridized carbons (Fsp3) is 0.571. The first kappa shape index (κ1) is 12.9. The van der Waals surface area contributed by atoms with E-state index in [4.69, 9.17) is 5.73 Å². The molecule has 0 aliphatic carbocycles. The maximum atomic E-state index is 5.66. The van der Waals surface area contributed by atoms with Gasteiger partial charge in [-0.1, -0.05) is 13.0 Å². The first-order valence-electron chi connectivity index (χ1n) is 6.38. The van der Waals surface area contributed by atoms with Crippen LogP contribution in [0.5, 0.6) is 0 Å². The molecular weight excluding hydrogens is 276 g/mol. The minimum atomic E-state index is 0.602. The summed E-state index contributed by atoms with van der Waals surface area (Å²) in [7, 11) is 0. The number of benzene rings is 1.